The second-order valence-electron chi connectivity index (χ2n) is 7.23. The van der Waals surface area contributed by atoms with Crippen LogP contribution in [0.25, 0.3) is 0 Å². The Bertz CT molecular complexity index is 625. The molecule has 1 saturated heterocycles. The van der Waals surface area contributed by atoms with Crippen molar-refractivity contribution in [2.75, 3.05) is 26.2 Å². The zero-order chi connectivity index (χ0) is 19.4. The normalized spacial score (nSPS) is 31.5. The highest BCUT2D eigenvalue weighted by atomic mass is 16.5. The maximum atomic E-state index is 11.9. The molecule has 3 aliphatic rings. The second kappa shape index (κ2) is 8.17. The molecule has 0 aromatic rings. The van der Waals surface area contributed by atoms with Crippen molar-refractivity contribution in [3.63, 3.8) is 0 Å². The van der Waals surface area contributed by atoms with E-state index in [0.717, 1.165) is 25.7 Å². The van der Waals surface area contributed by atoms with Crippen molar-refractivity contribution in [1.82, 2.24) is 16.0 Å². The molecule has 0 aromatic carbocycles. The molecule has 3 aliphatic heterocycles. The van der Waals surface area contributed by atoms with Gasteiger partial charge in [0, 0.05) is 13.0 Å². The second-order valence-corrected chi connectivity index (χ2v) is 7.23. The molecule has 1 unspecified atom stereocenters. The molecule has 0 aromatic heterocycles. The molecule has 0 bridgehead atoms. The first kappa shape index (κ1) is 19.5. The summed E-state index contributed by atoms with van der Waals surface area (Å²) in [5, 5.41) is 19.5. The lowest BCUT2D eigenvalue weighted by Crippen LogP contribution is -2.74. The summed E-state index contributed by atoms with van der Waals surface area (Å²) >= 11 is 0. The van der Waals surface area contributed by atoms with Crippen molar-refractivity contribution in [3.05, 3.63) is 0 Å². The Balaban J connectivity index is 1.53. The summed E-state index contributed by atoms with van der Waals surface area (Å²) in [7, 11) is 0. The Morgan fingerprint density at radius 1 is 1.37 bits per heavy atom. The molecule has 4 atom stereocenters. The number of hydrogen-bond acceptors (Lipinski definition) is 9. The molecule has 0 aliphatic carbocycles. The van der Waals surface area contributed by atoms with Gasteiger partial charge in [0.05, 0.1) is 6.54 Å². The number of hydrogen-bond donors (Lipinski definition) is 7. The van der Waals surface area contributed by atoms with Gasteiger partial charge in [-0.05, 0) is 19.4 Å². The molecule has 1 spiro atoms. The van der Waals surface area contributed by atoms with E-state index < -0.39 is 29.9 Å². The van der Waals surface area contributed by atoms with Gasteiger partial charge < -0.3 is 31.9 Å². The number of alkyl carbamates (subject to hydrolysis) is 1. The first-order valence-electron chi connectivity index (χ1n) is 9.56. The van der Waals surface area contributed by atoms with Gasteiger partial charge in [-0.1, -0.05) is 12.8 Å². The summed E-state index contributed by atoms with van der Waals surface area (Å²) < 4.78 is 7.19. The lowest BCUT2D eigenvalue weighted by molar-refractivity contribution is -0.607. The van der Waals surface area contributed by atoms with Crippen molar-refractivity contribution >= 4 is 18.0 Å². The number of guanidine groups is 2. The summed E-state index contributed by atoms with van der Waals surface area (Å²) in [6, 6.07) is -0.816. The average Bonchev–Trinajstić information content (AvgIpc) is 3.16. The third-order valence-electron chi connectivity index (χ3n) is 5.44. The summed E-state index contributed by atoms with van der Waals surface area (Å²) in [5.41, 5.74) is 16.6. The van der Waals surface area contributed by atoms with E-state index in [1.54, 1.807) is 0 Å². The standard InChI is InChI=1S/C16H30N8O3/c17-6-3-1-2-4-7-20-15(26)27-9-10-12-16(23-13(18)22-12)11(25)5-8-24(16)14(19)21-10/h10-12,25H,1-9,17H2,(H6,18,19,20,21,22,23,26)/p+1/t10?,11-,12-,16+/m0/s1. The molecular formula is C16H31N8O3+. The van der Waals surface area contributed by atoms with Crippen molar-refractivity contribution in [1.29, 1.82) is 0 Å². The number of aliphatic hydroxyl groups is 1. The third-order valence-corrected chi connectivity index (χ3v) is 5.44. The maximum Gasteiger partial charge on any atom is 0.407 e. The largest absolute Gasteiger partial charge is 0.446 e. The average molecular weight is 383 g/mol. The number of nitrogens with one attached hydrogen (secondary N) is 3. The molecule has 11 nitrogen and oxygen atoms in total. The number of ether oxygens (including phenoxy) is 1. The van der Waals surface area contributed by atoms with Gasteiger partial charge in [0.2, 0.25) is 5.66 Å². The van der Waals surface area contributed by atoms with Gasteiger partial charge in [0.25, 0.3) is 0 Å². The van der Waals surface area contributed by atoms with Crippen molar-refractivity contribution in [2.45, 2.75) is 56.0 Å². The van der Waals surface area contributed by atoms with Crippen molar-refractivity contribution in [3.8, 4) is 0 Å². The smallest absolute Gasteiger partial charge is 0.407 e. The van der Waals surface area contributed by atoms with Gasteiger partial charge in [-0.15, -0.1) is 0 Å². The Kier molecular flexibility index (Phi) is 5.90. The van der Waals surface area contributed by atoms with Gasteiger partial charge >= 0.3 is 12.1 Å². The highest BCUT2D eigenvalue weighted by molar-refractivity contribution is 5.83. The number of rotatable bonds is 8. The Morgan fingerprint density at radius 2 is 2.15 bits per heavy atom. The van der Waals surface area contributed by atoms with Crippen LogP contribution >= 0.6 is 0 Å². The number of aliphatic imine (C=N–C) groups is 1. The molecule has 1 fully saturated rings. The molecule has 3 rings (SSSR count). The van der Waals surface area contributed by atoms with E-state index in [-0.39, 0.29) is 12.6 Å². The molecule has 152 valence electrons. The lowest BCUT2D eigenvalue weighted by atomic mass is 9.89. The highest BCUT2D eigenvalue weighted by Crippen LogP contribution is 2.35. The molecule has 1 amide bonds. The fourth-order valence-corrected chi connectivity index (χ4v) is 4.13. The number of carbonyl (C=O) groups excluding carboxylic acids is 1. The van der Waals surface area contributed by atoms with Gasteiger partial charge in [-0.2, -0.15) is 0 Å². The van der Waals surface area contributed by atoms with Crippen LogP contribution < -0.4 is 33.2 Å². The van der Waals surface area contributed by atoms with Gasteiger partial charge in [0.1, 0.15) is 24.8 Å². The predicted molar refractivity (Wildman–Crippen MR) is 100 cm³/mol. The predicted octanol–water partition coefficient (Wildman–Crippen LogP) is -2.72. The molecule has 0 radical (unpaired) electrons. The van der Waals surface area contributed by atoms with Crippen LogP contribution in [-0.2, 0) is 4.74 Å². The molecule has 11 heteroatoms. The summed E-state index contributed by atoms with van der Waals surface area (Å²) in [6.45, 7) is 1.90. The van der Waals surface area contributed by atoms with Crippen LogP contribution in [0.2, 0.25) is 0 Å². The van der Waals surface area contributed by atoms with E-state index in [4.69, 9.17) is 21.9 Å². The van der Waals surface area contributed by atoms with Gasteiger partial charge in [0.15, 0.2) is 5.96 Å². The zero-order valence-electron chi connectivity index (χ0n) is 15.5. The molecule has 27 heavy (non-hydrogen) atoms. The van der Waals surface area contributed by atoms with Crippen molar-refractivity contribution < 1.29 is 19.2 Å². The summed E-state index contributed by atoms with van der Waals surface area (Å²) in [6.07, 6.45) is 3.34. The van der Waals surface area contributed by atoms with Crippen LogP contribution in [0.1, 0.15) is 32.1 Å². The lowest BCUT2D eigenvalue weighted by Gasteiger charge is -2.39. The maximum absolute atomic E-state index is 11.9. The quantitative estimate of drug-likeness (QED) is 0.175. The molecule has 3 heterocycles. The van der Waals surface area contributed by atoms with Crippen LogP contribution in [0.4, 0.5) is 4.79 Å². The van der Waals surface area contributed by atoms with Crippen molar-refractivity contribution in [2.24, 2.45) is 22.2 Å². The minimum absolute atomic E-state index is 0.0607. The SMILES string of the molecule is NCCCCCCNC(=O)OCC1NC(N)=[N+]2CC[C@H](O)[C@@]23NC(N)=N[C@@H]13. The van der Waals surface area contributed by atoms with Crippen LogP contribution in [-0.4, -0.2) is 77.8 Å². The Hall–Kier alpha value is -2.27. The van der Waals surface area contributed by atoms with E-state index in [1.807, 2.05) is 4.58 Å². The number of carbonyl (C=O) groups is 1. The Labute approximate surface area is 158 Å². The number of nitrogens with two attached hydrogens (primary N) is 3. The fourth-order valence-electron chi connectivity index (χ4n) is 4.13. The van der Waals surface area contributed by atoms with E-state index in [1.165, 1.54) is 0 Å². The zero-order valence-corrected chi connectivity index (χ0v) is 15.5. The summed E-state index contributed by atoms with van der Waals surface area (Å²) in [5.74, 6) is 0.656. The van der Waals surface area contributed by atoms with Crippen LogP contribution in [0.15, 0.2) is 4.99 Å². The minimum Gasteiger partial charge on any atom is -0.446 e. The van der Waals surface area contributed by atoms with Crippen LogP contribution in [0.5, 0.6) is 0 Å². The van der Waals surface area contributed by atoms with E-state index in [9.17, 15) is 9.90 Å². The fraction of sp³-hybridized carbons (Fsp3) is 0.812. The number of amides is 1. The topological polar surface area (TPSA) is 176 Å². The van der Waals surface area contributed by atoms with E-state index in [2.05, 4.69) is 20.9 Å². The van der Waals surface area contributed by atoms with Gasteiger partial charge in [-0.25, -0.2) is 14.4 Å². The van der Waals surface area contributed by atoms with Crippen LogP contribution in [0, 0.1) is 0 Å². The molecule has 0 saturated carbocycles. The summed E-state index contributed by atoms with van der Waals surface area (Å²) in [4.78, 5) is 16.4. The molecular weight excluding hydrogens is 352 g/mol. The number of aliphatic hydroxyl groups excluding tert-OH is 1. The van der Waals surface area contributed by atoms with E-state index >= 15 is 0 Å². The minimum atomic E-state index is -0.882. The van der Waals surface area contributed by atoms with Gasteiger partial charge in [-0.3, -0.25) is 11.1 Å². The number of nitrogens with zero attached hydrogens (tertiary/aromatic N) is 2. The van der Waals surface area contributed by atoms with E-state index in [0.29, 0.717) is 32.0 Å². The molecule has 10 N–H and O–H groups in total. The monoisotopic (exact) mass is 383 g/mol. The highest BCUT2D eigenvalue weighted by Gasteiger charge is 2.64. The third kappa shape index (κ3) is 3.74. The Morgan fingerprint density at radius 3 is 2.93 bits per heavy atom. The first-order chi connectivity index (χ1) is 13.0. The number of unbranched alkanes of at least 4 members (excludes halogenated alkanes) is 3. The van der Waals surface area contributed by atoms with Crippen LogP contribution in [0.3, 0.4) is 0 Å². The first-order valence-corrected chi connectivity index (χ1v) is 9.56.